The SMILES string of the molecule is CCCCNC(=O)NCc1ccc(OCC)cc1. The van der Waals surface area contributed by atoms with Gasteiger partial charge in [-0.15, -0.1) is 0 Å². The fraction of sp³-hybridized carbons (Fsp3) is 0.500. The maximum atomic E-state index is 11.4. The lowest BCUT2D eigenvalue weighted by molar-refractivity contribution is 0.240. The van der Waals surface area contributed by atoms with Crippen molar-refractivity contribution in [1.29, 1.82) is 0 Å². The van der Waals surface area contributed by atoms with Crippen LogP contribution in [0.4, 0.5) is 4.79 Å². The van der Waals surface area contributed by atoms with E-state index < -0.39 is 0 Å². The lowest BCUT2D eigenvalue weighted by atomic mass is 10.2. The predicted molar refractivity (Wildman–Crippen MR) is 72.8 cm³/mol. The molecule has 18 heavy (non-hydrogen) atoms. The Kier molecular flexibility index (Phi) is 6.69. The van der Waals surface area contributed by atoms with Gasteiger partial charge in [-0.1, -0.05) is 25.5 Å². The Morgan fingerprint density at radius 2 is 1.89 bits per heavy atom. The standard InChI is InChI=1S/C14H22N2O2/c1-3-5-10-15-14(17)16-11-12-6-8-13(9-7-12)18-4-2/h6-9H,3-5,10-11H2,1-2H3,(H2,15,16,17). The molecule has 2 amide bonds. The van der Waals surface area contributed by atoms with Crippen LogP contribution in [0.3, 0.4) is 0 Å². The van der Waals surface area contributed by atoms with Crippen LogP contribution in [-0.2, 0) is 6.54 Å². The molecule has 100 valence electrons. The van der Waals surface area contributed by atoms with Crippen molar-refractivity contribution >= 4 is 6.03 Å². The van der Waals surface area contributed by atoms with E-state index in [1.165, 1.54) is 0 Å². The number of rotatable bonds is 7. The van der Waals surface area contributed by atoms with E-state index in [1.807, 2.05) is 31.2 Å². The summed E-state index contributed by atoms with van der Waals surface area (Å²) in [6.45, 7) is 5.98. The molecule has 4 nitrogen and oxygen atoms in total. The van der Waals surface area contributed by atoms with Gasteiger partial charge in [0.2, 0.25) is 0 Å². The van der Waals surface area contributed by atoms with Gasteiger partial charge in [-0.2, -0.15) is 0 Å². The quantitative estimate of drug-likeness (QED) is 0.731. The minimum absolute atomic E-state index is 0.114. The number of unbranched alkanes of at least 4 members (excludes halogenated alkanes) is 1. The van der Waals surface area contributed by atoms with Crippen LogP contribution >= 0.6 is 0 Å². The van der Waals surface area contributed by atoms with E-state index in [9.17, 15) is 4.79 Å². The van der Waals surface area contributed by atoms with Crippen molar-refractivity contribution in [1.82, 2.24) is 10.6 Å². The molecule has 0 spiro atoms. The molecule has 0 unspecified atom stereocenters. The zero-order valence-electron chi connectivity index (χ0n) is 11.2. The number of nitrogens with one attached hydrogen (secondary N) is 2. The smallest absolute Gasteiger partial charge is 0.315 e. The van der Waals surface area contributed by atoms with E-state index in [1.54, 1.807) is 0 Å². The van der Waals surface area contributed by atoms with Gasteiger partial charge in [0.05, 0.1) is 6.61 Å². The lowest BCUT2D eigenvalue weighted by Gasteiger charge is -2.08. The summed E-state index contributed by atoms with van der Waals surface area (Å²) < 4.78 is 5.35. The third kappa shape index (κ3) is 5.57. The maximum absolute atomic E-state index is 11.4. The maximum Gasteiger partial charge on any atom is 0.315 e. The number of urea groups is 1. The number of benzene rings is 1. The molecule has 4 heteroatoms. The molecule has 0 aliphatic carbocycles. The van der Waals surface area contributed by atoms with Crippen molar-refractivity contribution in [3.63, 3.8) is 0 Å². The molecule has 0 heterocycles. The predicted octanol–water partition coefficient (Wildman–Crippen LogP) is 2.68. The van der Waals surface area contributed by atoms with E-state index in [0.29, 0.717) is 13.2 Å². The van der Waals surface area contributed by atoms with Gasteiger partial charge in [-0.3, -0.25) is 0 Å². The van der Waals surface area contributed by atoms with E-state index in [4.69, 9.17) is 4.74 Å². The molecule has 0 radical (unpaired) electrons. The third-order valence-corrected chi connectivity index (χ3v) is 2.50. The average Bonchev–Trinajstić information content (AvgIpc) is 2.39. The van der Waals surface area contributed by atoms with Gasteiger partial charge in [0.15, 0.2) is 0 Å². The molecule has 1 aromatic rings. The van der Waals surface area contributed by atoms with Crippen LogP contribution in [0.25, 0.3) is 0 Å². The Morgan fingerprint density at radius 3 is 2.50 bits per heavy atom. The van der Waals surface area contributed by atoms with E-state index in [0.717, 1.165) is 30.7 Å². The summed E-state index contributed by atoms with van der Waals surface area (Å²) in [6.07, 6.45) is 2.09. The topological polar surface area (TPSA) is 50.4 Å². The summed E-state index contributed by atoms with van der Waals surface area (Å²) in [6, 6.07) is 7.62. The van der Waals surface area contributed by atoms with Crippen LogP contribution in [0.1, 0.15) is 32.3 Å². The monoisotopic (exact) mass is 250 g/mol. The molecule has 0 atom stereocenters. The highest BCUT2D eigenvalue weighted by Gasteiger charge is 1.99. The molecule has 0 aliphatic rings. The molecule has 1 rings (SSSR count). The fourth-order valence-corrected chi connectivity index (χ4v) is 1.49. The van der Waals surface area contributed by atoms with Crippen molar-refractivity contribution < 1.29 is 9.53 Å². The molecular weight excluding hydrogens is 228 g/mol. The second-order valence-electron chi connectivity index (χ2n) is 4.04. The molecule has 0 aliphatic heterocycles. The number of amides is 2. The van der Waals surface area contributed by atoms with Crippen molar-refractivity contribution in [3.8, 4) is 5.75 Å². The molecule has 1 aromatic carbocycles. The number of ether oxygens (including phenoxy) is 1. The minimum Gasteiger partial charge on any atom is -0.494 e. The van der Waals surface area contributed by atoms with Crippen LogP contribution < -0.4 is 15.4 Å². The average molecular weight is 250 g/mol. The first kappa shape index (κ1) is 14.4. The molecule has 0 saturated carbocycles. The first-order valence-electron chi connectivity index (χ1n) is 6.49. The normalized spacial score (nSPS) is 9.89. The zero-order valence-corrected chi connectivity index (χ0v) is 11.2. The molecule has 0 aromatic heterocycles. The Balaban J connectivity index is 2.27. The number of hydrogen-bond acceptors (Lipinski definition) is 2. The van der Waals surface area contributed by atoms with Crippen molar-refractivity contribution in [2.75, 3.05) is 13.2 Å². The number of carbonyl (C=O) groups is 1. The summed E-state index contributed by atoms with van der Waals surface area (Å²) in [7, 11) is 0. The summed E-state index contributed by atoms with van der Waals surface area (Å²) >= 11 is 0. The van der Waals surface area contributed by atoms with Crippen LogP contribution in [0.2, 0.25) is 0 Å². The van der Waals surface area contributed by atoms with Gasteiger partial charge >= 0.3 is 6.03 Å². The van der Waals surface area contributed by atoms with Gasteiger partial charge in [-0.25, -0.2) is 4.79 Å². The first-order valence-corrected chi connectivity index (χ1v) is 6.49. The number of hydrogen-bond donors (Lipinski definition) is 2. The number of carbonyl (C=O) groups excluding carboxylic acids is 1. The van der Waals surface area contributed by atoms with Crippen molar-refractivity contribution in [2.45, 2.75) is 33.2 Å². The van der Waals surface area contributed by atoms with E-state index in [2.05, 4.69) is 17.6 Å². The summed E-state index contributed by atoms with van der Waals surface area (Å²) in [5.74, 6) is 0.855. The highest BCUT2D eigenvalue weighted by Crippen LogP contribution is 2.11. The van der Waals surface area contributed by atoms with Crippen molar-refractivity contribution in [3.05, 3.63) is 29.8 Å². The Morgan fingerprint density at radius 1 is 1.17 bits per heavy atom. The van der Waals surface area contributed by atoms with Crippen LogP contribution in [0.15, 0.2) is 24.3 Å². The highest BCUT2D eigenvalue weighted by molar-refractivity contribution is 5.73. The van der Waals surface area contributed by atoms with Crippen LogP contribution in [0.5, 0.6) is 5.75 Å². The largest absolute Gasteiger partial charge is 0.494 e. The molecular formula is C14H22N2O2. The summed E-state index contributed by atoms with van der Waals surface area (Å²) in [5, 5.41) is 5.63. The Labute approximate surface area is 109 Å². The van der Waals surface area contributed by atoms with Crippen LogP contribution in [0, 0.1) is 0 Å². The van der Waals surface area contributed by atoms with Gasteiger partial charge in [0.25, 0.3) is 0 Å². The minimum atomic E-state index is -0.114. The first-order chi connectivity index (χ1) is 8.76. The second kappa shape index (κ2) is 8.39. The Hall–Kier alpha value is -1.71. The van der Waals surface area contributed by atoms with Gasteiger partial charge in [-0.05, 0) is 31.0 Å². The van der Waals surface area contributed by atoms with Crippen molar-refractivity contribution in [2.24, 2.45) is 0 Å². The fourth-order valence-electron chi connectivity index (χ4n) is 1.49. The molecule has 2 N–H and O–H groups in total. The highest BCUT2D eigenvalue weighted by atomic mass is 16.5. The van der Waals surface area contributed by atoms with Gasteiger partial charge in [0.1, 0.15) is 5.75 Å². The summed E-state index contributed by atoms with van der Waals surface area (Å²) in [4.78, 5) is 11.4. The lowest BCUT2D eigenvalue weighted by Crippen LogP contribution is -2.35. The van der Waals surface area contributed by atoms with Gasteiger partial charge in [0, 0.05) is 13.1 Å². The second-order valence-corrected chi connectivity index (χ2v) is 4.04. The Bertz CT molecular complexity index is 349. The van der Waals surface area contributed by atoms with Crippen LogP contribution in [-0.4, -0.2) is 19.2 Å². The zero-order chi connectivity index (χ0) is 13.2. The van der Waals surface area contributed by atoms with Gasteiger partial charge < -0.3 is 15.4 Å². The molecule has 0 fully saturated rings. The van der Waals surface area contributed by atoms with E-state index >= 15 is 0 Å². The molecule has 0 saturated heterocycles. The van der Waals surface area contributed by atoms with E-state index in [-0.39, 0.29) is 6.03 Å². The summed E-state index contributed by atoms with van der Waals surface area (Å²) in [5.41, 5.74) is 1.06. The molecule has 0 bridgehead atoms. The third-order valence-electron chi connectivity index (χ3n) is 2.50.